The van der Waals surface area contributed by atoms with E-state index >= 15 is 0 Å². The van der Waals surface area contributed by atoms with E-state index in [1.54, 1.807) is 4.90 Å². The summed E-state index contributed by atoms with van der Waals surface area (Å²) in [6, 6.07) is 0. The van der Waals surface area contributed by atoms with Gasteiger partial charge < -0.3 is 10.0 Å². The summed E-state index contributed by atoms with van der Waals surface area (Å²) in [6.45, 7) is 8.03. The van der Waals surface area contributed by atoms with Crippen LogP contribution in [0.4, 0.5) is 4.39 Å². The highest BCUT2D eigenvalue weighted by Gasteiger charge is 2.33. The molecule has 1 fully saturated rings. The number of halogens is 1. The number of carboxylic acid groups (broad SMARTS) is 1. The number of allylic oxidation sites excluding steroid dienone is 2. The van der Waals surface area contributed by atoms with E-state index in [0.717, 1.165) is 19.3 Å². The largest absolute Gasteiger partial charge is 0.478 e. The molecule has 0 aromatic carbocycles. The molecule has 1 saturated carbocycles. The van der Waals surface area contributed by atoms with Crippen molar-refractivity contribution in [2.45, 2.75) is 39.5 Å². The molecule has 4 nitrogen and oxygen atoms in total. The Morgan fingerprint density at radius 2 is 2.00 bits per heavy atom. The van der Waals surface area contributed by atoms with Gasteiger partial charge in [0.2, 0.25) is 5.91 Å². The number of carbonyl (C=O) groups excluding carboxylic acids is 1. The molecular weight excluding hydrogens is 285 g/mol. The molecule has 0 atom stereocenters. The minimum absolute atomic E-state index is 0.121. The average Bonchev–Trinajstić information content (AvgIpc) is 3.31. The fourth-order valence-corrected chi connectivity index (χ4v) is 2.26. The summed E-state index contributed by atoms with van der Waals surface area (Å²) in [7, 11) is 0. The van der Waals surface area contributed by atoms with Gasteiger partial charge in [0.05, 0.1) is 5.57 Å². The fraction of sp³-hybridized carbons (Fsp3) is 0.529. The van der Waals surface area contributed by atoms with Crippen LogP contribution < -0.4 is 0 Å². The molecule has 1 N–H and O–H groups in total. The summed E-state index contributed by atoms with van der Waals surface area (Å²) in [5, 5.41) is 8.98. The van der Waals surface area contributed by atoms with Crippen LogP contribution in [0, 0.1) is 5.92 Å². The number of carboxylic acids is 1. The van der Waals surface area contributed by atoms with E-state index in [1.807, 2.05) is 6.92 Å². The quantitative estimate of drug-likeness (QED) is 0.524. The van der Waals surface area contributed by atoms with Gasteiger partial charge in [0.15, 0.2) is 0 Å². The van der Waals surface area contributed by atoms with Crippen LogP contribution in [0.3, 0.4) is 0 Å². The van der Waals surface area contributed by atoms with Gasteiger partial charge in [-0.05, 0) is 38.2 Å². The molecule has 0 radical (unpaired) electrons. The smallest absolute Gasteiger partial charge is 0.338 e. The summed E-state index contributed by atoms with van der Waals surface area (Å²) in [5.41, 5.74) is -0.148. The Morgan fingerprint density at radius 3 is 2.41 bits per heavy atom. The second-order valence-electron chi connectivity index (χ2n) is 5.40. The van der Waals surface area contributed by atoms with Gasteiger partial charge in [0, 0.05) is 19.0 Å². The van der Waals surface area contributed by atoms with E-state index < -0.39 is 11.8 Å². The number of aliphatic carboxylic acids is 1. The minimum atomic E-state index is -1.31. The van der Waals surface area contributed by atoms with Crippen LogP contribution in [-0.2, 0) is 9.59 Å². The van der Waals surface area contributed by atoms with E-state index in [1.165, 1.54) is 19.1 Å². The molecule has 0 heterocycles. The molecule has 0 aliphatic heterocycles. The molecular formula is C17H24FNO3. The lowest BCUT2D eigenvalue weighted by Gasteiger charge is -2.22. The highest BCUT2D eigenvalue weighted by atomic mass is 19.1. The lowest BCUT2D eigenvalue weighted by Crippen LogP contribution is -2.34. The highest BCUT2D eigenvalue weighted by molar-refractivity contribution is 5.91. The van der Waals surface area contributed by atoms with Crippen LogP contribution in [0.5, 0.6) is 0 Å². The highest BCUT2D eigenvalue weighted by Crippen LogP contribution is 2.31. The fourth-order valence-electron chi connectivity index (χ4n) is 2.26. The number of hydrogen-bond donors (Lipinski definition) is 1. The van der Waals surface area contributed by atoms with Crippen molar-refractivity contribution >= 4 is 11.9 Å². The SMILES string of the molecule is C=C/C(CCN(CCC)C(=O)C1CC1)=C(F)\C(=C/C)C(=O)O. The third-order valence-electron chi connectivity index (χ3n) is 3.67. The van der Waals surface area contributed by atoms with Gasteiger partial charge in [-0.1, -0.05) is 25.7 Å². The van der Waals surface area contributed by atoms with Crippen LogP contribution in [0.15, 0.2) is 35.7 Å². The number of hydrogen-bond acceptors (Lipinski definition) is 2. The van der Waals surface area contributed by atoms with E-state index in [2.05, 4.69) is 6.58 Å². The zero-order chi connectivity index (χ0) is 16.7. The summed E-state index contributed by atoms with van der Waals surface area (Å²) in [4.78, 5) is 24.9. The monoisotopic (exact) mass is 309 g/mol. The molecule has 0 aromatic rings. The first-order valence-corrected chi connectivity index (χ1v) is 7.66. The summed E-state index contributed by atoms with van der Waals surface area (Å²) >= 11 is 0. The van der Waals surface area contributed by atoms with Gasteiger partial charge in [0.25, 0.3) is 0 Å². The number of carbonyl (C=O) groups is 2. The van der Waals surface area contributed by atoms with Crippen molar-refractivity contribution in [1.82, 2.24) is 4.90 Å². The van der Waals surface area contributed by atoms with Gasteiger partial charge in [-0.2, -0.15) is 0 Å². The van der Waals surface area contributed by atoms with E-state index in [-0.39, 0.29) is 29.4 Å². The Kier molecular flexibility index (Phi) is 7.02. The van der Waals surface area contributed by atoms with E-state index in [9.17, 15) is 14.0 Å². The third-order valence-corrected chi connectivity index (χ3v) is 3.67. The van der Waals surface area contributed by atoms with Crippen LogP contribution in [-0.4, -0.2) is 35.0 Å². The van der Waals surface area contributed by atoms with Gasteiger partial charge in [-0.25, -0.2) is 9.18 Å². The number of nitrogens with zero attached hydrogens (tertiary/aromatic N) is 1. The van der Waals surface area contributed by atoms with Crippen LogP contribution >= 0.6 is 0 Å². The van der Waals surface area contributed by atoms with Gasteiger partial charge in [-0.3, -0.25) is 4.79 Å². The maximum Gasteiger partial charge on any atom is 0.338 e. The van der Waals surface area contributed by atoms with Crippen LogP contribution in [0.25, 0.3) is 0 Å². The molecule has 22 heavy (non-hydrogen) atoms. The van der Waals surface area contributed by atoms with Crippen LogP contribution in [0.2, 0.25) is 0 Å². The van der Waals surface area contributed by atoms with E-state index in [4.69, 9.17) is 5.11 Å². The zero-order valence-corrected chi connectivity index (χ0v) is 13.3. The maximum atomic E-state index is 14.2. The Hall–Kier alpha value is -1.91. The Morgan fingerprint density at radius 1 is 1.36 bits per heavy atom. The zero-order valence-electron chi connectivity index (χ0n) is 13.3. The normalized spacial score (nSPS) is 16.0. The Bertz CT molecular complexity index is 504. The first kappa shape index (κ1) is 18.1. The van der Waals surface area contributed by atoms with Gasteiger partial charge in [0.1, 0.15) is 5.83 Å². The molecule has 0 aromatic heterocycles. The molecule has 1 aliphatic carbocycles. The molecule has 1 amide bonds. The second kappa shape index (κ2) is 8.51. The van der Waals surface area contributed by atoms with Crippen molar-refractivity contribution < 1.29 is 19.1 Å². The van der Waals surface area contributed by atoms with Gasteiger partial charge in [-0.15, -0.1) is 0 Å². The Labute approximate surface area is 131 Å². The lowest BCUT2D eigenvalue weighted by molar-refractivity contribution is -0.133. The molecule has 0 spiro atoms. The topological polar surface area (TPSA) is 57.6 Å². The van der Waals surface area contributed by atoms with Crippen molar-refractivity contribution in [2.24, 2.45) is 5.92 Å². The summed E-state index contributed by atoms with van der Waals surface area (Å²) in [6.07, 6.45) is 5.51. The first-order valence-electron chi connectivity index (χ1n) is 7.66. The lowest BCUT2D eigenvalue weighted by atomic mass is 10.1. The molecule has 122 valence electrons. The molecule has 0 saturated heterocycles. The average molecular weight is 309 g/mol. The van der Waals surface area contributed by atoms with Crippen LogP contribution in [0.1, 0.15) is 39.5 Å². The predicted molar refractivity (Wildman–Crippen MR) is 83.9 cm³/mol. The minimum Gasteiger partial charge on any atom is -0.478 e. The van der Waals surface area contributed by atoms with Crippen molar-refractivity contribution in [3.63, 3.8) is 0 Å². The molecule has 0 unspecified atom stereocenters. The van der Waals surface area contributed by atoms with Crippen molar-refractivity contribution in [1.29, 1.82) is 0 Å². The van der Waals surface area contributed by atoms with Crippen molar-refractivity contribution in [3.05, 3.63) is 35.7 Å². The number of amides is 1. The molecule has 1 aliphatic rings. The standard InChI is InChI=1S/C17H24FNO3/c1-4-10-19(16(20)13-7-8-13)11-9-12(5-2)15(18)14(6-3)17(21)22/h5-6,13H,2,4,7-11H2,1,3H3,(H,21,22)/b14-6+,15-12-. The molecule has 5 heteroatoms. The molecule has 0 bridgehead atoms. The van der Waals surface area contributed by atoms with Crippen molar-refractivity contribution in [2.75, 3.05) is 13.1 Å². The predicted octanol–water partition coefficient (Wildman–Crippen LogP) is 3.47. The second-order valence-corrected chi connectivity index (χ2v) is 5.40. The summed E-state index contributed by atoms with van der Waals surface area (Å²) < 4.78 is 14.2. The third kappa shape index (κ3) is 4.83. The van der Waals surface area contributed by atoms with E-state index in [0.29, 0.717) is 13.1 Å². The van der Waals surface area contributed by atoms with Crippen molar-refractivity contribution in [3.8, 4) is 0 Å². The summed E-state index contributed by atoms with van der Waals surface area (Å²) in [5.74, 6) is -1.84. The number of rotatable bonds is 9. The van der Waals surface area contributed by atoms with Gasteiger partial charge >= 0.3 is 5.97 Å². The first-order chi connectivity index (χ1) is 10.5. The molecule has 1 rings (SSSR count). The Balaban J connectivity index is 2.81. The maximum absolute atomic E-state index is 14.2.